The lowest BCUT2D eigenvalue weighted by molar-refractivity contribution is -0.134. The van der Waals surface area contributed by atoms with Gasteiger partial charge in [-0.2, -0.15) is 4.98 Å². The number of carbonyl (C=O) groups is 2. The number of imide groups is 1. The van der Waals surface area contributed by atoms with Crippen molar-refractivity contribution in [2.75, 3.05) is 86.2 Å². The van der Waals surface area contributed by atoms with Crippen molar-refractivity contribution in [3.63, 3.8) is 0 Å². The summed E-state index contributed by atoms with van der Waals surface area (Å²) in [5.41, 5.74) is 5.84. The van der Waals surface area contributed by atoms with Gasteiger partial charge in [-0.25, -0.2) is 23.7 Å². The molecule has 378 valence electrons. The Balaban J connectivity index is 0.753. The van der Waals surface area contributed by atoms with Crippen LogP contribution in [0.3, 0.4) is 0 Å². The SMILES string of the molecule is CCOc1cc(N2CCC(CCC3CCN(CC4CN(c5cc(F)c([C@H]6CCC(=O)NC6=O)c(F)c5)C4)CC3)CC2)c(CC)cc1Nc1ncc(C)c(Nc2ccc3nc(CC)ncc3c2P(C)(C)=O)n1. The van der Waals surface area contributed by atoms with Gasteiger partial charge in [-0.3, -0.25) is 14.9 Å². The Bertz CT molecular complexity index is 2800. The number of amides is 2. The molecule has 4 saturated heterocycles. The zero-order valence-corrected chi connectivity index (χ0v) is 43.0. The number of anilines is 6. The summed E-state index contributed by atoms with van der Waals surface area (Å²) in [6.45, 7) is 18.9. The third-order valence-electron chi connectivity index (χ3n) is 15.1. The highest BCUT2D eigenvalue weighted by atomic mass is 31.2. The zero-order chi connectivity index (χ0) is 50.0. The molecule has 0 radical (unpaired) electrons. The largest absolute Gasteiger partial charge is 0.492 e. The summed E-state index contributed by atoms with van der Waals surface area (Å²) in [5.74, 6) is 0.950. The lowest BCUT2D eigenvalue weighted by Gasteiger charge is -2.44. The van der Waals surface area contributed by atoms with Crippen LogP contribution in [0.5, 0.6) is 5.75 Å². The third kappa shape index (κ3) is 11.3. The van der Waals surface area contributed by atoms with E-state index >= 15 is 8.78 Å². The van der Waals surface area contributed by atoms with Gasteiger partial charge in [0.1, 0.15) is 36.2 Å². The molecule has 2 aromatic heterocycles. The van der Waals surface area contributed by atoms with Crippen LogP contribution in [-0.2, 0) is 27.0 Å². The Morgan fingerprint density at radius 2 is 1.51 bits per heavy atom. The van der Waals surface area contributed by atoms with E-state index in [0.717, 1.165) is 98.3 Å². The molecule has 0 saturated carbocycles. The number of carbonyl (C=O) groups excluding carboxylic acids is 2. The highest BCUT2D eigenvalue weighted by molar-refractivity contribution is 7.71. The van der Waals surface area contributed by atoms with Gasteiger partial charge in [-0.15, -0.1) is 0 Å². The molecule has 1 atom stereocenters. The number of benzene rings is 3. The molecule has 0 spiro atoms. The highest BCUT2D eigenvalue weighted by Crippen LogP contribution is 2.43. The molecule has 2 amide bonds. The van der Waals surface area contributed by atoms with Crippen LogP contribution in [0.15, 0.2) is 48.8 Å². The summed E-state index contributed by atoms with van der Waals surface area (Å²) in [4.78, 5) is 49.7. The smallest absolute Gasteiger partial charge is 0.234 e. The Morgan fingerprint density at radius 3 is 2.15 bits per heavy atom. The fourth-order valence-corrected chi connectivity index (χ4v) is 12.6. The minimum atomic E-state index is -2.77. The average molecular weight is 991 g/mol. The maximum Gasteiger partial charge on any atom is 0.234 e. The maximum atomic E-state index is 15.2. The van der Waals surface area contributed by atoms with Gasteiger partial charge in [0.25, 0.3) is 0 Å². The lowest BCUT2D eigenvalue weighted by Crippen LogP contribution is -2.52. The number of ether oxygens (including phenoxy) is 1. The summed E-state index contributed by atoms with van der Waals surface area (Å²) in [6.07, 6.45) is 12.6. The standard InChI is InChI=1S/C54H69F2N10O4P/c1-7-37-24-45(61-54-58-28-33(4)52(63-54)60-44-14-13-43-40(51(44)71(5,6)69)29-57-48(8-2)59-43)47(70-9-3)27-46(37)65-22-18-35(19-23-65)11-10-34-16-20-64(21-17-34)30-36-31-66(32-36)38-25-41(55)50(42(56)26-38)39-12-15-49(67)62-53(39)68/h13-14,24-29,34-36,39H,7-12,15-23,30-32H2,1-6H3,(H,62,67,68)(H2,58,60,61,63)/t39-/m1/s1. The van der Waals surface area contributed by atoms with Crippen molar-refractivity contribution < 1.29 is 27.7 Å². The molecule has 9 rings (SSSR count). The summed E-state index contributed by atoms with van der Waals surface area (Å²) in [6, 6.07) is 10.9. The summed E-state index contributed by atoms with van der Waals surface area (Å²) in [5, 5.41) is 10.6. The van der Waals surface area contributed by atoms with E-state index in [2.05, 4.69) is 54.8 Å². The normalized spacial score (nSPS) is 18.7. The van der Waals surface area contributed by atoms with Crippen LogP contribution in [0.4, 0.5) is 43.3 Å². The van der Waals surface area contributed by atoms with E-state index in [1.54, 1.807) is 25.7 Å². The quantitative estimate of drug-likeness (QED) is 0.0598. The van der Waals surface area contributed by atoms with E-state index in [1.807, 2.05) is 37.8 Å². The van der Waals surface area contributed by atoms with Crippen LogP contribution in [-0.4, -0.2) is 102 Å². The first-order valence-electron chi connectivity index (χ1n) is 25.7. The molecule has 3 N–H and O–H groups in total. The van der Waals surface area contributed by atoms with E-state index in [9.17, 15) is 14.2 Å². The number of aromatic nitrogens is 4. The lowest BCUT2D eigenvalue weighted by atomic mass is 9.84. The predicted molar refractivity (Wildman–Crippen MR) is 279 cm³/mol. The number of likely N-dealkylation sites (tertiary alicyclic amines) is 1. The van der Waals surface area contributed by atoms with Gasteiger partial charge in [0.05, 0.1) is 29.4 Å². The second-order valence-corrected chi connectivity index (χ2v) is 23.6. The fourth-order valence-electron chi connectivity index (χ4n) is 11.1. The number of nitrogens with zero attached hydrogens (tertiary/aromatic N) is 7. The first-order chi connectivity index (χ1) is 34.2. The molecule has 5 aromatic rings. The van der Waals surface area contributed by atoms with Crippen molar-refractivity contribution >= 4 is 69.7 Å². The summed E-state index contributed by atoms with van der Waals surface area (Å²) >= 11 is 0. The van der Waals surface area contributed by atoms with Crippen molar-refractivity contribution in [2.45, 2.75) is 97.8 Å². The monoisotopic (exact) mass is 991 g/mol. The van der Waals surface area contributed by atoms with Crippen molar-refractivity contribution in [3.8, 4) is 5.75 Å². The molecule has 4 aliphatic rings. The van der Waals surface area contributed by atoms with Crippen molar-refractivity contribution in [3.05, 3.63) is 82.9 Å². The van der Waals surface area contributed by atoms with Crippen LogP contribution in [0.2, 0.25) is 0 Å². The minimum absolute atomic E-state index is 0.0729. The number of rotatable bonds is 17. The number of nitrogens with one attached hydrogen (secondary N) is 3. The fraction of sp³-hybridized carbons (Fsp3) is 0.519. The van der Waals surface area contributed by atoms with Crippen LogP contribution < -0.4 is 35.8 Å². The number of piperidine rings is 3. The number of aryl methyl sites for hydroxylation is 3. The van der Waals surface area contributed by atoms with Gasteiger partial charge in [0, 0.05) is 103 Å². The molecule has 4 aliphatic heterocycles. The van der Waals surface area contributed by atoms with Crippen molar-refractivity contribution in [1.29, 1.82) is 0 Å². The van der Waals surface area contributed by atoms with Crippen LogP contribution in [0, 0.1) is 36.3 Å². The topological polar surface area (TPSA) is 158 Å². The van der Waals surface area contributed by atoms with E-state index in [1.165, 1.54) is 61.9 Å². The Kier molecular flexibility index (Phi) is 15.2. The molecule has 0 unspecified atom stereocenters. The Hall–Kier alpha value is -5.73. The van der Waals surface area contributed by atoms with Crippen molar-refractivity contribution in [1.82, 2.24) is 30.2 Å². The molecule has 4 fully saturated rings. The first kappa shape index (κ1) is 50.2. The van der Waals surface area contributed by atoms with E-state index in [-0.39, 0.29) is 18.4 Å². The summed E-state index contributed by atoms with van der Waals surface area (Å²) < 4.78 is 50.3. The highest BCUT2D eigenvalue weighted by Gasteiger charge is 2.35. The van der Waals surface area contributed by atoms with Crippen LogP contribution >= 0.6 is 7.14 Å². The Labute approximate surface area is 416 Å². The molecule has 3 aromatic carbocycles. The molecular formula is C54H69F2N10O4P. The molecule has 14 nitrogen and oxygen atoms in total. The summed E-state index contributed by atoms with van der Waals surface area (Å²) in [7, 11) is -2.77. The van der Waals surface area contributed by atoms with Gasteiger partial charge < -0.3 is 34.6 Å². The Morgan fingerprint density at radius 1 is 0.803 bits per heavy atom. The molecule has 0 aliphatic carbocycles. The maximum absolute atomic E-state index is 15.2. The molecule has 6 heterocycles. The molecular weight excluding hydrogens is 922 g/mol. The second-order valence-electron chi connectivity index (χ2n) is 20.5. The molecule has 17 heteroatoms. The van der Waals surface area contributed by atoms with E-state index in [4.69, 9.17) is 14.7 Å². The first-order valence-corrected chi connectivity index (χ1v) is 28.3. The number of fused-ring (bicyclic) bond motifs is 1. The van der Waals surface area contributed by atoms with Gasteiger partial charge in [0.2, 0.25) is 17.8 Å². The number of hydrogen-bond acceptors (Lipinski definition) is 13. The van der Waals surface area contributed by atoms with Gasteiger partial charge >= 0.3 is 0 Å². The molecule has 0 bridgehead atoms. The predicted octanol–water partition coefficient (Wildman–Crippen LogP) is 9.63. The van der Waals surface area contributed by atoms with Gasteiger partial charge in [-0.1, -0.05) is 26.7 Å². The minimum Gasteiger partial charge on any atom is -0.492 e. The third-order valence-corrected chi connectivity index (χ3v) is 16.7. The second kappa shape index (κ2) is 21.5. The number of halogens is 2. The van der Waals surface area contributed by atoms with Gasteiger partial charge in [0.15, 0.2) is 0 Å². The number of hydrogen-bond donors (Lipinski definition) is 3. The van der Waals surface area contributed by atoms with Crippen molar-refractivity contribution in [2.24, 2.45) is 17.8 Å². The van der Waals surface area contributed by atoms with Crippen LogP contribution in [0.25, 0.3) is 10.9 Å². The molecule has 71 heavy (non-hydrogen) atoms. The van der Waals surface area contributed by atoms with E-state index < -0.39 is 36.5 Å². The zero-order valence-electron chi connectivity index (χ0n) is 42.1. The van der Waals surface area contributed by atoms with Gasteiger partial charge in [-0.05, 0) is 127 Å². The van der Waals surface area contributed by atoms with E-state index in [0.29, 0.717) is 46.9 Å². The average Bonchev–Trinajstić information content (AvgIpc) is 3.33. The van der Waals surface area contributed by atoms with Crippen LogP contribution in [0.1, 0.15) is 101 Å².